The molecule has 0 radical (unpaired) electrons. The smallest absolute Gasteiger partial charge is 0.241 e. The van der Waals surface area contributed by atoms with Gasteiger partial charge in [-0.05, 0) is 32.0 Å². The van der Waals surface area contributed by atoms with Crippen LogP contribution in [0.4, 0.5) is 10.1 Å². The molecular weight excluding hydrogens is 265 g/mol. The van der Waals surface area contributed by atoms with Gasteiger partial charge in [-0.2, -0.15) is 0 Å². The van der Waals surface area contributed by atoms with Crippen LogP contribution in [0.1, 0.15) is 19.4 Å². The summed E-state index contributed by atoms with van der Waals surface area (Å²) in [5.74, 6) is -0.517. The van der Waals surface area contributed by atoms with E-state index in [1.807, 2.05) is 13.8 Å². The lowest BCUT2D eigenvalue weighted by atomic mass is 10.2. The van der Waals surface area contributed by atoms with Gasteiger partial charge in [0.05, 0.1) is 6.54 Å². The minimum absolute atomic E-state index is 0.0169. The fourth-order valence-corrected chi connectivity index (χ4v) is 1.86. The monoisotopic (exact) mass is 283 g/mol. The zero-order valence-corrected chi connectivity index (χ0v) is 11.9. The lowest BCUT2D eigenvalue weighted by Gasteiger charge is -2.19. The summed E-state index contributed by atoms with van der Waals surface area (Å²) in [7, 11) is 0. The van der Waals surface area contributed by atoms with Crippen molar-refractivity contribution >= 4 is 28.8 Å². The summed E-state index contributed by atoms with van der Waals surface area (Å²) in [6.45, 7) is 5.28. The van der Waals surface area contributed by atoms with E-state index in [0.717, 1.165) is 0 Å². The summed E-state index contributed by atoms with van der Waals surface area (Å²) < 4.78 is 13.6. The van der Waals surface area contributed by atoms with Crippen LogP contribution in [-0.2, 0) is 4.79 Å². The number of thiocarbonyl (C=S) groups is 1. The summed E-state index contributed by atoms with van der Waals surface area (Å²) in [5.41, 5.74) is 6.10. The lowest BCUT2D eigenvalue weighted by Crippen LogP contribution is -2.35. The molecule has 0 aliphatic rings. The molecule has 6 heteroatoms. The van der Waals surface area contributed by atoms with Crippen LogP contribution in [-0.4, -0.2) is 35.4 Å². The molecule has 1 aromatic rings. The predicted molar refractivity (Wildman–Crippen MR) is 78.7 cm³/mol. The van der Waals surface area contributed by atoms with Gasteiger partial charge in [-0.3, -0.25) is 4.79 Å². The van der Waals surface area contributed by atoms with Crippen molar-refractivity contribution in [1.29, 1.82) is 0 Å². The van der Waals surface area contributed by atoms with Crippen LogP contribution in [0.2, 0.25) is 0 Å². The number of amides is 1. The SMILES string of the molecule is CCN(CC)C(=O)CNc1ccc(C(N)=S)c(F)c1. The van der Waals surface area contributed by atoms with Crippen LogP contribution in [0.5, 0.6) is 0 Å². The molecule has 0 spiro atoms. The quantitative estimate of drug-likeness (QED) is 0.781. The van der Waals surface area contributed by atoms with Crippen molar-refractivity contribution in [3.05, 3.63) is 29.6 Å². The van der Waals surface area contributed by atoms with Gasteiger partial charge in [0.1, 0.15) is 10.8 Å². The molecule has 3 N–H and O–H groups in total. The average molecular weight is 283 g/mol. The Hall–Kier alpha value is -1.69. The van der Waals surface area contributed by atoms with Crippen molar-refractivity contribution in [3.8, 4) is 0 Å². The van der Waals surface area contributed by atoms with Gasteiger partial charge in [0, 0.05) is 24.3 Å². The number of carbonyl (C=O) groups excluding carboxylic acids is 1. The first-order valence-electron chi connectivity index (χ1n) is 6.10. The highest BCUT2D eigenvalue weighted by molar-refractivity contribution is 7.80. The molecule has 1 aromatic carbocycles. The van der Waals surface area contributed by atoms with Gasteiger partial charge in [0.25, 0.3) is 0 Å². The Balaban J connectivity index is 2.66. The first-order chi connectivity index (χ1) is 8.99. The third-order valence-electron chi connectivity index (χ3n) is 2.79. The maximum atomic E-state index is 13.6. The second-order valence-electron chi connectivity index (χ2n) is 3.98. The summed E-state index contributed by atoms with van der Waals surface area (Å²) in [4.78, 5) is 13.5. The summed E-state index contributed by atoms with van der Waals surface area (Å²) in [6, 6.07) is 4.43. The van der Waals surface area contributed by atoms with Crippen LogP contribution in [0.15, 0.2) is 18.2 Å². The zero-order chi connectivity index (χ0) is 14.4. The van der Waals surface area contributed by atoms with Gasteiger partial charge >= 0.3 is 0 Å². The molecule has 19 heavy (non-hydrogen) atoms. The van der Waals surface area contributed by atoms with E-state index in [1.165, 1.54) is 12.1 Å². The van der Waals surface area contributed by atoms with Gasteiger partial charge in [-0.25, -0.2) is 4.39 Å². The number of likely N-dealkylation sites (N-methyl/N-ethyl adjacent to an activating group) is 1. The van der Waals surface area contributed by atoms with Crippen molar-refractivity contribution < 1.29 is 9.18 Å². The molecule has 0 atom stereocenters. The highest BCUT2D eigenvalue weighted by Gasteiger charge is 2.10. The highest BCUT2D eigenvalue weighted by Crippen LogP contribution is 2.14. The Bertz CT molecular complexity index is 475. The van der Waals surface area contributed by atoms with Gasteiger partial charge in [0.15, 0.2) is 0 Å². The molecule has 0 fully saturated rings. The van der Waals surface area contributed by atoms with E-state index >= 15 is 0 Å². The predicted octanol–water partition coefficient (Wildman–Crippen LogP) is 1.74. The van der Waals surface area contributed by atoms with Gasteiger partial charge in [0.2, 0.25) is 5.91 Å². The van der Waals surface area contributed by atoms with Crippen LogP contribution in [0.3, 0.4) is 0 Å². The molecule has 0 unspecified atom stereocenters. The van der Waals surface area contributed by atoms with Crippen LogP contribution in [0, 0.1) is 5.82 Å². The number of halogens is 1. The molecule has 104 valence electrons. The van der Waals surface area contributed by atoms with Crippen molar-refractivity contribution in [2.24, 2.45) is 5.73 Å². The van der Waals surface area contributed by atoms with Gasteiger partial charge < -0.3 is 16.0 Å². The van der Waals surface area contributed by atoms with E-state index in [9.17, 15) is 9.18 Å². The fraction of sp³-hybridized carbons (Fsp3) is 0.385. The maximum Gasteiger partial charge on any atom is 0.241 e. The molecule has 0 saturated heterocycles. The minimum Gasteiger partial charge on any atom is -0.389 e. The number of hydrogen-bond donors (Lipinski definition) is 2. The minimum atomic E-state index is -0.493. The van der Waals surface area contributed by atoms with Crippen LogP contribution < -0.4 is 11.1 Å². The average Bonchev–Trinajstić information content (AvgIpc) is 2.37. The molecule has 0 saturated carbocycles. The van der Waals surface area contributed by atoms with Crippen molar-refractivity contribution in [3.63, 3.8) is 0 Å². The second-order valence-corrected chi connectivity index (χ2v) is 4.42. The first kappa shape index (κ1) is 15.4. The van der Waals surface area contributed by atoms with Crippen LogP contribution >= 0.6 is 12.2 Å². The van der Waals surface area contributed by atoms with Crippen molar-refractivity contribution in [2.45, 2.75) is 13.8 Å². The van der Waals surface area contributed by atoms with Crippen molar-refractivity contribution in [1.82, 2.24) is 4.90 Å². The largest absolute Gasteiger partial charge is 0.389 e. The molecular formula is C13H18FN3OS. The molecule has 0 bridgehead atoms. The van der Waals surface area contributed by atoms with E-state index in [-0.39, 0.29) is 23.0 Å². The number of anilines is 1. The number of nitrogens with one attached hydrogen (secondary N) is 1. The lowest BCUT2D eigenvalue weighted by molar-refractivity contribution is -0.128. The van der Waals surface area contributed by atoms with E-state index in [0.29, 0.717) is 18.8 Å². The zero-order valence-electron chi connectivity index (χ0n) is 11.1. The molecule has 0 aliphatic carbocycles. The molecule has 1 rings (SSSR count). The van der Waals surface area contributed by atoms with Crippen LogP contribution in [0.25, 0.3) is 0 Å². The van der Waals surface area contributed by atoms with E-state index in [2.05, 4.69) is 5.32 Å². The van der Waals surface area contributed by atoms with Gasteiger partial charge in [-0.1, -0.05) is 12.2 Å². The van der Waals surface area contributed by atoms with E-state index in [1.54, 1.807) is 11.0 Å². The number of nitrogens with zero attached hydrogens (tertiary/aromatic N) is 1. The Labute approximate surface area is 117 Å². The Morgan fingerprint density at radius 2 is 2.05 bits per heavy atom. The van der Waals surface area contributed by atoms with Crippen molar-refractivity contribution in [2.75, 3.05) is 25.0 Å². The second kappa shape index (κ2) is 7.04. The summed E-state index contributed by atoms with van der Waals surface area (Å²) in [5, 5.41) is 2.89. The Morgan fingerprint density at radius 3 is 2.53 bits per heavy atom. The number of hydrogen-bond acceptors (Lipinski definition) is 3. The number of carbonyl (C=O) groups is 1. The Kier molecular flexibility index (Phi) is 5.69. The topological polar surface area (TPSA) is 58.4 Å². The number of rotatable bonds is 6. The molecule has 0 heterocycles. The van der Waals surface area contributed by atoms with E-state index in [4.69, 9.17) is 18.0 Å². The molecule has 4 nitrogen and oxygen atoms in total. The number of benzene rings is 1. The molecule has 0 aromatic heterocycles. The maximum absolute atomic E-state index is 13.6. The third kappa shape index (κ3) is 4.17. The normalized spacial score (nSPS) is 10.1. The molecule has 0 aliphatic heterocycles. The third-order valence-corrected chi connectivity index (χ3v) is 3.01. The molecule has 1 amide bonds. The summed E-state index contributed by atoms with van der Waals surface area (Å²) in [6.07, 6.45) is 0. The fourth-order valence-electron chi connectivity index (χ4n) is 1.69. The Morgan fingerprint density at radius 1 is 1.42 bits per heavy atom. The van der Waals surface area contributed by atoms with Gasteiger partial charge in [-0.15, -0.1) is 0 Å². The van der Waals surface area contributed by atoms with E-state index < -0.39 is 5.82 Å². The highest BCUT2D eigenvalue weighted by atomic mass is 32.1. The number of nitrogens with two attached hydrogens (primary N) is 1. The standard InChI is InChI=1S/C13H18FN3OS/c1-3-17(4-2)12(18)8-16-9-5-6-10(13(15)19)11(14)7-9/h5-7,16H,3-4,8H2,1-2H3,(H2,15,19). The first-order valence-corrected chi connectivity index (χ1v) is 6.51. The summed E-state index contributed by atoms with van der Waals surface area (Å²) >= 11 is 4.72.